The van der Waals surface area contributed by atoms with Crippen LogP contribution in [-0.4, -0.2) is 34.7 Å². The van der Waals surface area contributed by atoms with Gasteiger partial charge in [0.15, 0.2) is 5.69 Å². The van der Waals surface area contributed by atoms with Crippen molar-refractivity contribution in [1.82, 2.24) is 14.7 Å². The zero-order valence-electron chi connectivity index (χ0n) is 10.7. The summed E-state index contributed by atoms with van der Waals surface area (Å²) < 4.78 is 38.4. The first-order valence-electron chi connectivity index (χ1n) is 5.48. The largest absolute Gasteiger partial charge is 0.435 e. The summed E-state index contributed by atoms with van der Waals surface area (Å²) in [5, 5.41) is 3.45. The van der Waals surface area contributed by atoms with E-state index in [0.29, 0.717) is 0 Å². The number of hydrogen-bond acceptors (Lipinski definition) is 2. The molecule has 1 rings (SSSR count). The second-order valence-electron chi connectivity index (χ2n) is 4.60. The first-order valence-corrected chi connectivity index (χ1v) is 5.48. The van der Waals surface area contributed by atoms with Crippen molar-refractivity contribution in [2.45, 2.75) is 26.1 Å². The van der Waals surface area contributed by atoms with E-state index in [1.165, 1.54) is 11.1 Å². The van der Waals surface area contributed by atoms with E-state index in [9.17, 15) is 18.0 Å². The van der Waals surface area contributed by atoms with Crippen LogP contribution in [0.4, 0.5) is 13.2 Å². The Balaban J connectivity index is 3.09. The van der Waals surface area contributed by atoms with E-state index in [0.717, 1.165) is 10.7 Å². The molecule has 0 aliphatic heterocycles. The van der Waals surface area contributed by atoms with E-state index in [1.54, 1.807) is 27.9 Å². The number of alkyl halides is 3. The van der Waals surface area contributed by atoms with Gasteiger partial charge in [-0.25, -0.2) is 0 Å². The second kappa shape index (κ2) is 4.99. The predicted molar refractivity (Wildman–Crippen MR) is 59.8 cm³/mol. The van der Waals surface area contributed by atoms with E-state index < -0.39 is 17.9 Å². The Labute approximate surface area is 103 Å². The van der Waals surface area contributed by atoms with Gasteiger partial charge in [0.05, 0.1) is 0 Å². The summed E-state index contributed by atoms with van der Waals surface area (Å²) >= 11 is 0. The lowest BCUT2D eigenvalue weighted by molar-refractivity contribution is -0.142. The zero-order chi connectivity index (χ0) is 14.1. The summed E-state index contributed by atoms with van der Waals surface area (Å²) in [4.78, 5) is 13.3. The molecule has 102 valence electrons. The molecular weight excluding hydrogens is 247 g/mol. The molecule has 1 heterocycles. The van der Waals surface area contributed by atoms with Gasteiger partial charge < -0.3 is 4.90 Å². The third-order valence-corrected chi connectivity index (χ3v) is 2.51. The van der Waals surface area contributed by atoms with Crippen LogP contribution in [0.5, 0.6) is 0 Å². The van der Waals surface area contributed by atoms with Gasteiger partial charge in [0.2, 0.25) is 5.91 Å². The topological polar surface area (TPSA) is 38.1 Å². The van der Waals surface area contributed by atoms with Crippen molar-refractivity contribution >= 4 is 5.91 Å². The Morgan fingerprint density at radius 2 is 1.94 bits per heavy atom. The molecule has 0 bridgehead atoms. The van der Waals surface area contributed by atoms with Crippen molar-refractivity contribution in [2.75, 3.05) is 14.1 Å². The molecule has 4 nitrogen and oxygen atoms in total. The van der Waals surface area contributed by atoms with Gasteiger partial charge in [-0.2, -0.15) is 18.3 Å². The minimum atomic E-state index is -4.49. The molecule has 0 spiro atoms. The van der Waals surface area contributed by atoms with Crippen LogP contribution in [0.3, 0.4) is 0 Å². The second-order valence-corrected chi connectivity index (χ2v) is 4.60. The number of aromatic nitrogens is 2. The van der Waals surface area contributed by atoms with Crippen molar-refractivity contribution in [2.24, 2.45) is 5.92 Å². The molecule has 0 saturated carbocycles. The Hall–Kier alpha value is -1.53. The molecule has 1 amide bonds. The Morgan fingerprint density at radius 3 is 2.28 bits per heavy atom. The van der Waals surface area contributed by atoms with Crippen LogP contribution >= 0.6 is 0 Å². The average molecular weight is 263 g/mol. The lowest BCUT2D eigenvalue weighted by Crippen LogP contribution is -2.35. The number of nitrogens with zero attached hydrogens (tertiary/aromatic N) is 3. The summed E-state index contributed by atoms with van der Waals surface area (Å²) in [6, 6.07) is 0.147. The maximum atomic E-state index is 12.5. The quantitative estimate of drug-likeness (QED) is 0.838. The van der Waals surface area contributed by atoms with E-state index >= 15 is 0 Å². The lowest BCUT2D eigenvalue weighted by Gasteiger charge is -2.24. The summed E-state index contributed by atoms with van der Waals surface area (Å²) in [5.41, 5.74) is -0.986. The summed E-state index contributed by atoms with van der Waals surface area (Å²) in [6.45, 7) is 3.53. The van der Waals surface area contributed by atoms with E-state index in [2.05, 4.69) is 5.10 Å². The van der Waals surface area contributed by atoms with E-state index in [-0.39, 0.29) is 11.8 Å². The molecule has 0 saturated heterocycles. The molecule has 0 aromatic carbocycles. The first-order chi connectivity index (χ1) is 8.14. The minimum absolute atomic E-state index is 0.152. The molecule has 1 aromatic heterocycles. The van der Waals surface area contributed by atoms with Crippen LogP contribution in [-0.2, 0) is 11.0 Å². The maximum absolute atomic E-state index is 12.5. The van der Waals surface area contributed by atoms with Gasteiger partial charge in [-0.05, 0) is 12.0 Å². The molecule has 0 unspecified atom stereocenters. The molecular formula is C11H16F3N3O. The molecule has 0 N–H and O–H groups in total. The molecule has 1 aromatic rings. The van der Waals surface area contributed by atoms with E-state index in [1.807, 2.05) is 0 Å². The standard InChI is InChI=1S/C11H16F3N3O/c1-7(2)9(10(18)16(3)4)17-6-5-8(15-17)11(12,13)14/h5-7,9H,1-4H3/t9-/m0/s1. The minimum Gasteiger partial charge on any atom is -0.347 e. The normalized spacial score (nSPS) is 13.8. The fraction of sp³-hybridized carbons (Fsp3) is 0.636. The Kier molecular flexibility index (Phi) is 4.03. The monoisotopic (exact) mass is 263 g/mol. The molecule has 0 radical (unpaired) electrons. The van der Waals surface area contributed by atoms with Crippen LogP contribution < -0.4 is 0 Å². The Bertz CT molecular complexity index is 423. The van der Waals surface area contributed by atoms with Crippen LogP contribution in [0.25, 0.3) is 0 Å². The fourth-order valence-electron chi connectivity index (χ4n) is 1.61. The van der Waals surface area contributed by atoms with Crippen LogP contribution in [0.1, 0.15) is 25.6 Å². The van der Waals surface area contributed by atoms with Gasteiger partial charge in [0.25, 0.3) is 0 Å². The average Bonchev–Trinajstić information content (AvgIpc) is 2.65. The fourth-order valence-corrected chi connectivity index (χ4v) is 1.61. The van der Waals surface area contributed by atoms with Crippen molar-refractivity contribution in [1.29, 1.82) is 0 Å². The zero-order valence-corrected chi connectivity index (χ0v) is 10.7. The molecule has 0 aliphatic rings. The molecule has 0 aliphatic carbocycles. The third kappa shape index (κ3) is 3.02. The molecule has 1 atom stereocenters. The van der Waals surface area contributed by atoms with Gasteiger partial charge in [-0.3, -0.25) is 9.48 Å². The smallest absolute Gasteiger partial charge is 0.347 e. The highest BCUT2D eigenvalue weighted by atomic mass is 19.4. The van der Waals surface area contributed by atoms with Crippen molar-refractivity contribution in [3.63, 3.8) is 0 Å². The maximum Gasteiger partial charge on any atom is 0.435 e. The summed E-state index contributed by atoms with van der Waals surface area (Å²) in [7, 11) is 3.12. The number of rotatable bonds is 3. The number of carbonyl (C=O) groups is 1. The highest BCUT2D eigenvalue weighted by Gasteiger charge is 2.35. The summed E-state index contributed by atoms with van der Waals surface area (Å²) in [6.07, 6.45) is -3.30. The summed E-state index contributed by atoms with van der Waals surface area (Å²) in [5.74, 6) is -0.428. The van der Waals surface area contributed by atoms with Crippen LogP contribution in [0.2, 0.25) is 0 Å². The first kappa shape index (κ1) is 14.5. The number of likely N-dealkylation sites (N-methyl/N-ethyl adjacent to an activating group) is 1. The highest BCUT2D eigenvalue weighted by molar-refractivity contribution is 5.80. The van der Waals surface area contributed by atoms with Crippen molar-refractivity contribution in [3.8, 4) is 0 Å². The highest BCUT2D eigenvalue weighted by Crippen LogP contribution is 2.29. The molecule has 18 heavy (non-hydrogen) atoms. The van der Waals surface area contributed by atoms with Crippen molar-refractivity contribution < 1.29 is 18.0 Å². The van der Waals surface area contributed by atoms with Gasteiger partial charge in [0.1, 0.15) is 6.04 Å². The van der Waals surface area contributed by atoms with Gasteiger partial charge in [-0.15, -0.1) is 0 Å². The lowest BCUT2D eigenvalue weighted by atomic mass is 10.0. The molecule has 7 heteroatoms. The van der Waals surface area contributed by atoms with Crippen molar-refractivity contribution in [3.05, 3.63) is 18.0 Å². The van der Waals surface area contributed by atoms with E-state index in [4.69, 9.17) is 0 Å². The number of carbonyl (C=O) groups excluding carboxylic acids is 1. The van der Waals surface area contributed by atoms with Gasteiger partial charge in [-0.1, -0.05) is 13.8 Å². The van der Waals surface area contributed by atoms with Crippen LogP contribution in [0.15, 0.2) is 12.3 Å². The van der Waals surface area contributed by atoms with Gasteiger partial charge in [0, 0.05) is 20.3 Å². The Morgan fingerprint density at radius 1 is 1.39 bits per heavy atom. The van der Waals surface area contributed by atoms with Crippen LogP contribution in [0, 0.1) is 5.92 Å². The number of amides is 1. The number of halogens is 3. The predicted octanol–water partition coefficient (Wildman–Crippen LogP) is 2.19. The molecule has 0 fully saturated rings. The van der Waals surface area contributed by atoms with Gasteiger partial charge >= 0.3 is 6.18 Å². The third-order valence-electron chi connectivity index (χ3n) is 2.51. The number of hydrogen-bond donors (Lipinski definition) is 0. The SMILES string of the molecule is CC(C)[C@@H](C(=O)N(C)C)n1ccc(C(F)(F)F)n1.